The molecule has 0 bridgehead atoms. The van der Waals surface area contributed by atoms with Crippen molar-refractivity contribution in [3.05, 3.63) is 24.3 Å². The number of hydrogen-bond acceptors (Lipinski definition) is 3. The van der Waals surface area contributed by atoms with Gasteiger partial charge in [0, 0.05) is 26.1 Å². The van der Waals surface area contributed by atoms with E-state index >= 15 is 0 Å². The molecule has 5 nitrogen and oxygen atoms in total. The summed E-state index contributed by atoms with van der Waals surface area (Å²) in [6.45, 7) is 3.46. The van der Waals surface area contributed by atoms with Gasteiger partial charge >= 0.3 is 6.03 Å². The first-order chi connectivity index (χ1) is 10.1. The van der Waals surface area contributed by atoms with Crippen molar-refractivity contribution in [3.8, 4) is 0 Å². The van der Waals surface area contributed by atoms with Crippen LogP contribution in [0.4, 0.5) is 16.2 Å². The molecule has 2 amide bonds. The Balaban J connectivity index is 1.90. The standard InChI is InChI=1S/C16H25N3O2/c1-3-19(2)14-9-5-4-8-13(14)18-16(21)17-11-12-7-6-10-15(12)20/h4-5,8-9,12,15,20H,3,6-7,10-11H2,1-2H3,(H2,17,18,21)/t12-,15+/m0/s1. The smallest absolute Gasteiger partial charge is 0.319 e. The van der Waals surface area contributed by atoms with E-state index in [4.69, 9.17) is 0 Å². The number of benzene rings is 1. The van der Waals surface area contributed by atoms with Crippen molar-refractivity contribution in [3.63, 3.8) is 0 Å². The maximum atomic E-state index is 12.0. The fourth-order valence-electron chi connectivity index (χ4n) is 2.73. The monoisotopic (exact) mass is 291 g/mol. The summed E-state index contributed by atoms with van der Waals surface area (Å²) < 4.78 is 0. The third kappa shape index (κ3) is 4.11. The van der Waals surface area contributed by atoms with E-state index < -0.39 is 0 Å². The van der Waals surface area contributed by atoms with E-state index in [9.17, 15) is 9.90 Å². The van der Waals surface area contributed by atoms with Crippen LogP contribution in [0.5, 0.6) is 0 Å². The number of nitrogens with zero attached hydrogens (tertiary/aromatic N) is 1. The van der Waals surface area contributed by atoms with Crippen molar-refractivity contribution >= 4 is 17.4 Å². The molecule has 1 aromatic carbocycles. The number of amides is 2. The molecule has 0 radical (unpaired) electrons. The number of hydrogen-bond donors (Lipinski definition) is 3. The van der Waals surface area contributed by atoms with Crippen LogP contribution < -0.4 is 15.5 Å². The number of aliphatic hydroxyl groups excluding tert-OH is 1. The van der Waals surface area contributed by atoms with Crippen molar-refractivity contribution < 1.29 is 9.90 Å². The van der Waals surface area contributed by atoms with Crippen molar-refractivity contribution in [1.29, 1.82) is 0 Å². The molecule has 116 valence electrons. The fraction of sp³-hybridized carbons (Fsp3) is 0.562. The Bertz CT molecular complexity index is 478. The fourth-order valence-corrected chi connectivity index (χ4v) is 2.73. The zero-order chi connectivity index (χ0) is 15.2. The minimum absolute atomic E-state index is 0.185. The van der Waals surface area contributed by atoms with Gasteiger partial charge in [-0.05, 0) is 31.9 Å². The van der Waals surface area contributed by atoms with Gasteiger partial charge < -0.3 is 20.6 Å². The Morgan fingerprint density at radius 3 is 2.81 bits per heavy atom. The maximum Gasteiger partial charge on any atom is 0.319 e. The minimum atomic E-state index is -0.274. The predicted molar refractivity (Wildman–Crippen MR) is 85.8 cm³/mol. The molecular formula is C16H25N3O2. The summed E-state index contributed by atoms with van der Waals surface area (Å²) in [6.07, 6.45) is 2.59. The first-order valence-corrected chi connectivity index (χ1v) is 7.65. The summed E-state index contributed by atoms with van der Waals surface area (Å²) in [6, 6.07) is 7.53. The third-order valence-corrected chi connectivity index (χ3v) is 4.18. The van der Waals surface area contributed by atoms with Crippen molar-refractivity contribution in [2.45, 2.75) is 32.3 Å². The molecule has 21 heavy (non-hydrogen) atoms. The van der Waals surface area contributed by atoms with Gasteiger partial charge in [0.05, 0.1) is 17.5 Å². The number of urea groups is 1. The van der Waals surface area contributed by atoms with Crippen LogP contribution in [0.25, 0.3) is 0 Å². The predicted octanol–water partition coefficient (Wildman–Crippen LogP) is 2.43. The van der Waals surface area contributed by atoms with Crippen LogP contribution in [0.3, 0.4) is 0 Å². The molecular weight excluding hydrogens is 266 g/mol. The lowest BCUT2D eigenvalue weighted by molar-refractivity contribution is 0.133. The third-order valence-electron chi connectivity index (χ3n) is 4.18. The Hall–Kier alpha value is -1.75. The highest BCUT2D eigenvalue weighted by atomic mass is 16.3. The first kappa shape index (κ1) is 15.6. The summed E-state index contributed by atoms with van der Waals surface area (Å²) in [5.74, 6) is 0.185. The van der Waals surface area contributed by atoms with Crippen LogP contribution in [0.1, 0.15) is 26.2 Å². The van der Waals surface area contributed by atoms with Gasteiger partial charge in [-0.25, -0.2) is 4.79 Å². The zero-order valence-corrected chi connectivity index (χ0v) is 12.8. The van der Waals surface area contributed by atoms with Gasteiger partial charge in [-0.15, -0.1) is 0 Å². The van der Waals surface area contributed by atoms with E-state index in [0.717, 1.165) is 37.2 Å². The number of rotatable bonds is 5. The number of anilines is 2. The second-order valence-electron chi connectivity index (χ2n) is 5.62. The van der Waals surface area contributed by atoms with E-state index in [1.165, 1.54) is 0 Å². The second-order valence-corrected chi connectivity index (χ2v) is 5.62. The van der Waals surface area contributed by atoms with Crippen LogP contribution in [-0.2, 0) is 0 Å². The molecule has 2 atom stereocenters. The van der Waals surface area contributed by atoms with Gasteiger partial charge in [-0.3, -0.25) is 0 Å². The molecule has 0 saturated heterocycles. The van der Waals surface area contributed by atoms with Crippen LogP contribution in [0.2, 0.25) is 0 Å². The summed E-state index contributed by atoms with van der Waals surface area (Å²) >= 11 is 0. The van der Waals surface area contributed by atoms with Gasteiger partial charge in [0.15, 0.2) is 0 Å². The van der Waals surface area contributed by atoms with Crippen LogP contribution in [-0.4, -0.2) is 37.4 Å². The summed E-state index contributed by atoms with van der Waals surface area (Å²) in [5.41, 5.74) is 1.79. The van der Waals surface area contributed by atoms with Gasteiger partial charge in [-0.1, -0.05) is 18.6 Å². The molecule has 3 N–H and O–H groups in total. The normalized spacial score (nSPS) is 21.1. The zero-order valence-electron chi connectivity index (χ0n) is 12.8. The van der Waals surface area contributed by atoms with E-state index in [0.29, 0.717) is 6.54 Å². The number of carbonyl (C=O) groups is 1. The summed E-state index contributed by atoms with van der Waals surface area (Å²) in [5, 5.41) is 15.5. The molecule has 0 aliphatic heterocycles. The van der Waals surface area contributed by atoms with Gasteiger partial charge in [0.25, 0.3) is 0 Å². The summed E-state index contributed by atoms with van der Waals surface area (Å²) in [4.78, 5) is 14.1. The second kappa shape index (κ2) is 7.31. The van der Waals surface area contributed by atoms with Crippen LogP contribution >= 0.6 is 0 Å². The number of para-hydroxylation sites is 2. The Morgan fingerprint density at radius 2 is 2.14 bits per heavy atom. The number of aliphatic hydroxyl groups is 1. The van der Waals surface area contributed by atoms with Crippen LogP contribution in [0, 0.1) is 5.92 Å². The number of carbonyl (C=O) groups excluding carboxylic acids is 1. The van der Waals surface area contributed by atoms with Crippen LogP contribution in [0.15, 0.2) is 24.3 Å². The lowest BCUT2D eigenvalue weighted by Gasteiger charge is -2.21. The van der Waals surface area contributed by atoms with E-state index in [1.54, 1.807) is 0 Å². The van der Waals surface area contributed by atoms with E-state index in [2.05, 4.69) is 22.5 Å². The van der Waals surface area contributed by atoms with E-state index in [-0.39, 0.29) is 18.1 Å². The molecule has 0 aromatic heterocycles. The molecule has 5 heteroatoms. The molecule has 1 fully saturated rings. The molecule has 1 saturated carbocycles. The van der Waals surface area contributed by atoms with Gasteiger partial charge in [-0.2, -0.15) is 0 Å². The molecule has 1 aliphatic rings. The van der Waals surface area contributed by atoms with Gasteiger partial charge in [0.2, 0.25) is 0 Å². The lowest BCUT2D eigenvalue weighted by atomic mass is 10.1. The topological polar surface area (TPSA) is 64.6 Å². The van der Waals surface area contributed by atoms with E-state index in [1.807, 2.05) is 31.3 Å². The quantitative estimate of drug-likeness (QED) is 0.780. The molecule has 0 unspecified atom stereocenters. The van der Waals surface area contributed by atoms with Crippen molar-refractivity contribution in [1.82, 2.24) is 5.32 Å². The Labute approximate surface area is 126 Å². The maximum absolute atomic E-state index is 12.0. The molecule has 2 rings (SSSR count). The average Bonchev–Trinajstić information content (AvgIpc) is 2.90. The highest BCUT2D eigenvalue weighted by Crippen LogP contribution is 2.25. The lowest BCUT2D eigenvalue weighted by Crippen LogP contribution is -2.35. The first-order valence-electron chi connectivity index (χ1n) is 7.65. The molecule has 0 heterocycles. The van der Waals surface area contributed by atoms with Gasteiger partial charge in [0.1, 0.15) is 0 Å². The summed E-state index contributed by atoms with van der Waals surface area (Å²) in [7, 11) is 1.99. The largest absolute Gasteiger partial charge is 0.393 e. The minimum Gasteiger partial charge on any atom is -0.393 e. The van der Waals surface area contributed by atoms with Crippen molar-refractivity contribution in [2.75, 3.05) is 30.4 Å². The molecule has 0 spiro atoms. The Morgan fingerprint density at radius 1 is 1.38 bits per heavy atom. The Kier molecular flexibility index (Phi) is 5.44. The average molecular weight is 291 g/mol. The molecule has 1 aliphatic carbocycles. The number of nitrogens with one attached hydrogen (secondary N) is 2. The highest BCUT2D eigenvalue weighted by molar-refractivity contribution is 5.93. The highest BCUT2D eigenvalue weighted by Gasteiger charge is 2.25. The molecule has 1 aromatic rings. The SMILES string of the molecule is CCN(C)c1ccccc1NC(=O)NC[C@@H]1CCC[C@H]1O. The van der Waals surface area contributed by atoms with Crippen molar-refractivity contribution in [2.24, 2.45) is 5.92 Å².